The third-order valence-electron chi connectivity index (χ3n) is 2.86. The Kier molecular flexibility index (Phi) is 6.28. The summed E-state index contributed by atoms with van der Waals surface area (Å²) >= 11 is 17.8. The van der Waals surface area contributed by atoms with Crippen LogP contribution in [-0.2, 0) is 4.79 Å². The highest BCUT2D eigenvalue weighted by atomic mass is 35.5. The lowest BCUT2D eigenvalue weighted by Gasteiger charge is -2.08. The molecule has 0 bridgehead atoms. The lowest BCUT2D eigenvalue weighted by Crippen LogP contribution is -2.25. The van der Waals surface area contributed by atoms with Crippen LogP contribution in [0.5, 0.6) is 5.75 Å². The Morgan fingerprint density at radius 3 is 2.57 bits per heavy atom. The molecule has 0 aliphatic heterocycles. The van der Waals surface area contributed by atoms with E-state index < -0.39 is 5.91 Å². The van der Waals surface area contributed by atoms with E-state index in [2.05, 4.69) is 10.5 Å². The highest BCUT2D eigenvalue weighted by Gasteiger charge is 2.07. The summed E-state index contributed by atoms with van der Waals surface area (Å²) in [5.41, 5.74) is 3.74. The van der Waals surface area contributed by atoms with Crippen LogP contribution in [0.4, 0.5) is 0 Å². The maximum Gasteiger partial charge on any atom is 0.277 e. The fourth-order valence-corrected chi connectivity index (χ4v) is 2.46. The number of carbonyl (C=O) groups excluding carboxylic acids is 1. The Balaban J connectivity index is 1.92. The summed E-state index contributed by atoms with van der Waals surface area (Å²) in [6.45, 7) is 1.53. The normalized spacial score (nSPS) is 11.2. The number of hydrogen-bond acceptors (Lipinski definition) is 3. The Labute approximate surface area is 149 Å². The number of ether oxygens (including phenoxy) is 1. The smallest absolute Gasteiger partial charge is 0.277 e. The van der Waals surface area contributed by atoms with Crippen LogP contribution in [0, 0.1) is 0 Å². The van der Waals surface area contributed by atoms with Crippen molar-refractivity contribution in [3.05, 3.63) is 63.1 Å². The molecule has 0 aromatic heterocycles. The summed E-state index contributed by atoms with van der Waals surface area (Å²) in [4.78, 5) is 11.8. The van der Waals surface area contributed by atoms with E-state index in [4.69, 9.17) is 39.5 Å². The molecule has 23 heavy (non-hydrogen) atoms. The quantitative estimate of drug-likeness (QED) is 0.618. The van der Waals surface area contributed by atoms with Gasteiger partial charge < -0.3 is 4.74 Å². The third kappa shape index (κ3) is 5.13. The van der Waals surface area contributed by atoms with Crippen molar-refractivity contribution < 1.29 is 9.53 Å². The van der Waals surface area contributed by atoms with Gasteiger partial charge >= 0.3 is 0 Å². The van der Waals surface area contributed by atoms with Crippen molar-refractivity contribution in [3.63, 3.8) is 0 Å². The van der Waals surface area contributed by atoms with Gasteiger partial charge in [0.15, 0.2) is 6.61 Å². The lowest BCUT2D eigenvalue weighted by atomic mass is 10.1. The minimum Gasteiger partial charge on any atom is -0.482 e. The standard InChI is InChI=1S/C16H13Cl3N2O2/c1-10(12-4-2-3-5-13(12)18)20-21-16(22)9-23-15-7-6-11(17)8-14(15)19/h2-8H,9H2,1H3,(H,21,22). The van der Waals surface area contributed by atoms with Crippen molar-refractivity contribution in [2.24, 2.45) is 5.10 Å². The van der Waals surface area contributed by atoms with Crippen LogP contribution in [0.2, 0.25) is 15.1 Å². The first-order valence-electron chi connectivity index (χ1n) is 6.63. The maximum atomic E-state index is 11.8. The molecule has 0 heterocycles. The molecule has 0 saturated heterocycles. The van der Waals surface area contributed by atoms with Crippen molar-refractivity contribution in [1.29, 1.82) is 0 Å². The van der Waals surface area contributed by atoms with Crippen molar-refractivity contribution in [2.45, 2.75) is 6.92 Å². The number of hydrogen-bond donors (Lipinski definition) is 1. The SMILES string of the molecule is CC(=NNC(=O)COc1ccc(Cl)cc1Cl)c1ccccc1Cl. The van der Waals surface area contributed by atoms with E-state index in [1.54, 1.807) is 25.1 Å². The molecule has 0 radical (unpaired) electrons. The summed E-state index contributed by atoms with van der Waals surface area (Å²) in [6.07, 6.45) is 0. The molecule has 1 N–H and O–H groups in total. The number of halogens is 3. The maximum absolute atomic E-state index is 11.8. The average molecular weight is 372 g/mol. The first-order chi connectivity index (χ1) is 11.0. The van der Waals surface area contributed by atoms with E-state index in [0.717, 1.165) is 5.56 Å². The van der Waals surface area contributed by atoms with Gasteiger partial charge in [0.05, 0.1) is 10.7 Å². The van der Waals surface area contributed by atoms with Gasteiger partial charge in [-0.15, -0.1) is 0 Å². The number of nitrogens with zero attached hydrogens (tertiary/aromatic N) is 1. The molecule has 120 valence electrons. The first-order valence-corrected chi connectivity index (χ1v) is 7.76. The molecular weight excluding hydrogens is 359 g/mol. The number of rotatable bonds is 5. The Bertz CT molecular complexity index is 748. The second-order valence-corrected chi connectivity index (χ2v) is 5.83. The van der Waals surface area contributed by atoms with E-state index in [1.165, 1.54) is 6.07 Å². The van der Waals surface area contributed by atoms with Gasteiger partial charge in [-0.25, -0.2) is 5.43 Å². The Morgan fingerprint density at radius 1 is 1.13 bits per heavy atom. The fourth-order valence-electron chi connectivity index (χ4n) is 1.73. The van der Waals surface area contributed by atoms with Crippen molar-refractivity contribution in [1.82, 2.24) is 5.43 Å². The van der Waals surface area contributed by atoms with Gasteiger partial charge in [-0.05, 0) is 31.2 Å². The molecule has 0 atom stereocenters. The van der Waals surface area contributed by atoms with Gasteiger partial charge in [-0.2, -0.15) is 5.10 Å². The van der Waals surface area contributed by atoms with Crippen LogP contribution >= 0.6 is 34.8 Å². The molecule has 2 aromatic carbocycles. The van der Waals surface area contributed by atoms with Crippen LogP contribution in [-0.4, -0.2) is 18.2 Å². The lowest BCUT2D eigenvalue weighted by molar-refractivity contribution is -0.123. The van der Waals surface area contributed by atoms with E-state index in [9.17, 15) is 4.79 Å². The number of amides is 1. The van der Waals surface area contributed by atoms with Gasteiger partial charge in [-0.3, -0.25) is 4.79 Å². The second-order valence-electron chi connectivity index (χ2n) is 4.58. The largest absolute Gasteiger partial charge is 0.482 e. The van der Waals surface area contributed by atoms with Crippen LogP contribution in [0.15, 0.2) is 47.6 Å². The predicted molar refractivity (Wildman–Crippen MR) is 93.8 cm³/mol. The summed E-state index contributed by atoms with van der Waals surface area (Å²) in [5, 5.41) is 5.39. The molecular formula is C16H13Cl3N2O2. The van der Waals surface area contributed by atoms with Crippen LogP contribution in [0.3, 0.4) is 0 Å². The van der Waals surface area contributed by atoms with Crippen LogP contribution < -0.4 is 10.2 Å². The van der Waals surface area contributed by atoms with Gasteiger partial charge in [-0.1, -0.05) is 53.0 Å². The summed E-state index contributed by atoms with van der Waals surface area (Å²) < 4.78 is 5.32. The molecule has 0 spiro atoms. The zero-order chi connectivity index (χ0) is 16.8. The van der Waals surface area contributed by atoms with Gasteiger partial charge in [0.25, 0.3) is 5.91 Å². The van der Waals surface area contributed by atoms with E-state index >= 15 is 0 Å². The minimum atomic E-state index is -0.414. The van der Waals surface area contributed by atoms with E-state index in [1.807, 2.05) is 18.2 Å². The zero-order valence-corrected chi connectivity index (χ0v) is 14.4. The molecule has 1 amide bonds. The van der Waals surface area contributed by atoms with E-state index in [0.29, 0.717) is 26.5 Å². The molecule has 0 fully saturated rings. The van der Waals surface area contributed by atoms with Crippen molar-refractivity contribution >= 4 is 46.4 Å². The van der Waals surface area contributed by atoms with Crippen LogP contribution in [0.25, 0.3) is 0 Å². The summed E-state index contributed by atoms with van der Waals surface area (Å²) in [5.74, 6) is -0.0413. The molecule has 2 rings (SSSR count). The van der Waals surface area contributed by atoms with Gasteiger partial charge in [0.1, 0.15) is 5.75 Å². The molecule has 0 saturated carbocycles. The predicted octanol–water partition coefficient (Wildman–Crippen LogP) is 4.57. The summed E-state index contributed by atoms with van der Waals surface area (Å²) in [7, 11) is 0. The highest BCUT2D eigenvalue weighted by molar-refractivity contribution is 6.35. The van der Waals surface area contributed by atoms with Crippen molar-refractivity contribution in [2.75, 3.05) is 6.61 Å². The number of carbonyl (C=O) groups is 1. The van der Waals surface area contributed by atoms with Gasteiger partial charge in [0.2, 0.25) is 0 Å². The summed E-state index contributed by atoms with van der Waals surface area (Å²) in [6, 6.07) is 12.0. The van der Waals surface area contributed by atoms with E-state index in [-0.39, 0.29) is 6.61 Å². The number of benzene rings is 2. The highest BCUT2D eigenvalue weighted by Crippen LogP contribution is 2.27. The average Bonchev–Trinajstić information content (AvgIpc) is 2.52. The molecule has 0 unspecified atom stereocenters. The topological polar surface area (TPSA) is 50.7 Å². The number of hydrazone groups is 1. The van der Waals surface area contributed by atoms with Gasteiger partial charge in [0, 0.05) is 15.6 Å². The third-order valence-corrected chi connectivity index (χ3v) is 3.72. The minimum absolute atomic E-state index is 0.222. The van der Waals surface area contributed by atoms with Crippen molar-refractivity contribution in [3.8, 4) is 5.75 Å². The van der Waals surface area contributed by atoms with Crippen LogP contribution in [0.1, 0.15) is 12.5 Å². The number of nitrogens with one attached hydrogen (secondary N) is 1. The zero-order valence-electron chi connectivity index (χ0n) is 12.1. The Hall–Kier alpha value is -1.75. The molecule has 2 aromatic rings. The fraction of sp³-hybridized carbons (Fsp3) is 0.125. The molecule has 4 nitrogen and oxygen atoms in total. The molecule has 7 heteroatoms. The molecule has 0 aliphatic rings. The molecule has 0 aliphatic carbocycles. The monoisotopic (exact) mass is 370 g/mol. The second kappa shape index (κ2) is 8.20. The Morgan fingerprint density at radius 2 is 1.87 bits per heavy atom. The first kappa shape index (κ1) is 17.6.